The Bertz CT molecular complexity index is 993. The summed E-state index contributed by atoms with van der Waals surface area (Å²) >= 11 is 0. The summed E-state index contributed by atoms with van der Waals surface area (Å²) in [5, 5.41) is 3.27. The molecule has 0 spiro atoms. The maximum Gasteiger partial charge on any atom is 0.188 e. The van der Waals surface area contributed by atoms with Crippen LogP contribution in [0.1, 0.15) is 18.1 Å². The van der Waals surface area contributed by atoms with Gasteiger partial charge in [-0.2, -0.15) is 0 Å². The number of hydrogen-bond acceptors (Lipinski definition) is 3. The van der Waals surface area contributed by atoms with Gasteiger partial charge in [0, 0.05) is 16.8 Å². The van der Waals surface area contributed by atoms with E-state index in [4.69, 9.17) is 11.6 Å². The molecule has 1 N–H and O–H groups in total. The lowest BCUT2D eigenvalue weighted by molar-refractivity contribution is 0.625. The van der Waals surface area contributed by atoms with E-state index < -0.39 is 0 Å². The highest BCUT2D eigenvalue weighted by atomic mass is 19.1. The number of halogens is 1. The van der Waals surface area contributed by atoms with E-state index >= 15 is 0 Å². The lowest BCUT2D eigenvalue weighted by atomic mass is 9.99. The molecule has 5 heteroatoms. The highest BCUT2D eigenvalue weighted by Crippen LogP contribution is 2.32. The van der Waals surface area contributed by atoms with E-state index in [1.807, 2.05) is 13.0 Å². The van der Waals surface area contributed by atoms with E-state index in [2.05, 4.69) is 15.2 Å². The highest BCUT2D eigenvalue weighted by molar-refractivity contribution is 6.24. The number of benzene rings is 2. The van der Waals surface area contributed by atoms with Gasteiger partial charge in [0.15, 0.2) is 11.5 Å². The van der Waals surface area contributed by atoms with Crippen molar-refractivity contribution in [3.05, 3.63) is 82.1 Å². The van der Waals surface area contributed by atoms with E-state index in [0.29, 0.717) is 34.9 Å². The van der Waals surface area contributed by atoms with Gasteiger partial charge in [0.1, 0.15) is 11.5 Å². The fraction of sp³-hybridized carbons (Fsp3) is 0.105. The van der Waals surface area contributed by atoms with Gasteiger partial charge in [-0.25, -0.2) is 14.2 Å². The standard InChI is InChI=1S/C19H13FN4/c1-11-10-22-19-17(11)24-18(13-5-3-4-6-15(13)20)14-9-12(21-2)7-8-16(14)23-19/h3-9H,10H2,1H3,(H,22,23). The molecule has 24 heavy (non-hydrogen) atoms. The lowest BCUT2D eigenvalue weighted by Gasteiger charge is -2.11. The van der Waals surface area contributed by atoms with Crippen LogP contribution in [0.3, 0.4) is 0 Å². The Morgan fingerprint density at radius 2 is 2.00 bits per heavy atom. The van der Waals surface area contributed by atoms with Gasteiger partial charge in [-0.15, -0.1) is 0 Å². The fourth-order valence-corrected chi connectivity index (χ4v) is 2.86. The van der Waals surface area contributed by atoms with Crippen molar-refractivity contribution in [2.45, 2.75) is 6.92 Å². The molecule has 0 amide bonds. The topological polar surface area (TPSA) is 41.1 Å². The average molecular weight is 316 g/mol. The van der Waals surface area contributed by atoms with Crippen LogP contribution in [-0.4, -0.2) is 18.1 Å². The normalized spacial score (nSPS) is 15.5. The van der Waals surface area contributed by atoms with Crippen molar-refractivity contribution in [2.24, 2.45) is 9.98 Å². The Morgan fingerprint density at radius 3 is 2.79 bits per heavy atom. The third-order valence-electron chi connectivity index (χ3n) is 4.10. The van der Waals surface area contributed by atoms with Crippen molar-refractivity contribution in [3.8, 4) is 0 Å². The quantitative estimate of drug-likeness (QED) is 0.782. The van der Waals surface area contributed by atoms with Crippen LogP contribution in [0, 0.1) is 12.4 Å². The molecule has 0 bridgehead atoms. The zero-order valence-electron chi connectivity index (χ0n) is 13.0. The molecule has 0 atom stereocenters. The Labute approximate surface area is 138 Å². The monoisotopic (exact) mass is 316 g/mol. The van der Waals surface area contributed by atoms with Gasteiger partial charge in [0.25, 0.3) is 0 Å². The first kappa shape index (κ1) is 14.3. The summed E-state index contributed by atoms with van der Waals surface area (Å²) in [6.45, 7) is 9.80. The number of fused-ring (bicyclic) bond motifs is 2. The minimum atomic E-state index is -0.341. The number of hydrogen-bond donors (Lipinski definition) is 1. The molecular formula is C19H13FN4. The molecule has 2 aromatic rings. The number of rotatable bonds is 1. The minimum absolute atomic E-state index is 0.341. The summed E-state index contributed by atoms with van der Waals surface area (Å²) in [7, 11) is 0. The van der Waals surface area contributed by atoms with Gasteiger partial charge in [0.05, 0.1) is 18.8 Å². The Balaban J connectivity index is 2.03. The molecular weight excluding hydrogens is 303 g/mol. The second kappa shape index (κ2) is 5.43. The molecule has 2 aliphatic heterocycles. The first-order chi connectivity index (χ1) is 11.7. The number of nitrogens with one attached hydrogen (secondary N) is 1. The molecule has 4 rings (SSSR count). The highest BCUT2D eigenvalue weighted by Gasteiger charge is 2.25. The van der Waals surface area contributed by atoms with Crippen LogP contribution < -0.4 is 5.32 Å². The van der Waals surface area contributed by atoms with E-state index in [0.717, 1.165) is 17.0 Å². The molecule has 2 aliphatic rings. The van der Waals surface area contributed by atoms with Crippen molar-refractivity contribution in [2.75, 3.05) is 11.9 Å². The van der Waals surface area contributed by atoms with E-state index in [1.165, 1.54) is 6.07 Å². The van der Waals surface area contributed by atoms with Crippen molar-refractivity contribution in [1.82, 2.24) is 0 Å². The number of anilines is 1. The molecule has 0 aromatic heterocycles. The molecule has 2 heterocycles. The first-order valence-electron chi connectivity index (χ1n) is 7.54. The average Bonchev–Trinajstić information content (AvgIpc) is 2.85. The van der Waals surface area contributed by atoms with Crippen LogP contribution in [0.25, 0.3) is 4.85 Å². The van der Waals surface area contributed by atoms with Crippen LogP contribution >= 0.6 is 0 Å². The molecule has 0 unspecified atom stereocenters. The van der Waals surface area contributed by atoms with Crippen LogP contribution in [0.15, 0.2) is 63.7 Å². The first-order valence-corrected chi connectivity index (χ1v) is 7.54. The van der Waals surface area contributed by atoms with Crippen LogP contribution in [0.2, 0.25) is 0 Å². The maximum absolute atomic E-state index is 14.4. The molecule has 0 radical (unpaired) electrons. The van der Waals surface area contributed by atoms with E-state index in [1.54, 1.807) is 30.3 Å². The predicted molar refractivity (Wildman–Crippen MR) is 93.4 cm³/mol. The van der Waals surface area contributed by atoms with Gasteiger partial charge in [-0.1, -0.05) is 18.2 Å². The summed E-state index contributed by atoms with van der Waals surface area (Å²) < 4.78 is 14.4. The molecule has 0 saturated carbocycles. The van der Waals surface area contributed by atoms with E-state index in [9.17, 15) is 4.39 Å². The van der Waals surface area contributed by atoms with E-state index in [-0.39, 0.29) is 5.82 Å². The van der Waals surface area contributed by atoms with Crippen molar-refractivity contribution in [3.63, 3.8) is 0 Å². The Hall–Kier alpha value is -3.26. The van der Waals surface area contributed by atoms with Gasteiger partial charge < -0.3 is 5.32 Å². The predicted octanol–water partition coefficient (Wildman–Crippen LogP) is 4.33. The third kappa shape index (κ3) is 2.20. The molecule has 0 saturated heterocycles. The summed E-state index contributed by atoms with van der Waals surface area (Å²) in [5.74, 6) is 0.350. The van der Waals surface area contributed by atoms with Crippen LogP contribution in [0.4, 0.5) is 15.8 Å². The second-order valence-electron chi connectivity index (χ2n) is 5.70. The van der Waals surface area contributed by atoms with Crippen LogP contribution in [-0.2, 0) is 0 Å². The third-order valence-corrected chi connectivity index (χ3v) is 4.10. The smallest absolute Gasteiger partial charge is 0.188 e. The number of nitrogens with zero attached hydrogens (tertiary/aromatic N) is 3. The fourth-order valence-electron chi connectivity index (χ4n) is 2.86. The maximum atomic E-state index is 14.4. The second-order valence-corrected chi connectivity index (χ2v) is 5.70. The van der Waals surface area contributed by atoms with Crippen LogP contribution in [0.5, 0.6) is 0 Å². The van der Waals surface area contributed by atoms with Crippen molar-refractivity contribution < 1.29 is 4.39 Å². The van der Waals surface area contributed by atoms with Gasteiger partial charge in [0.2, 0.25) is 0 Å². The zero-order valence-corrected chi connectivity index (χ0v) is 13.0. The molecule has 0 aliphatic carbocycles. The largest absolute Gasteiger partial charge is 0.338 e. The van der Waals surface area contributed by atoms with Crippen molar-refractivity contribution in [1.29, 1.82) is 0 Å². The minimum Gasteiger partial charge on any atom is -0.338 e. The Morgan fingerprint density at radius 1 is 1.17 bits per heavy atom. The molecule has 116 valence electrons. The molecule has 4 nitrogen and oxygen atoms in total. The number of aliphatic imine (C=N–C) groups is 2. The summed E-state index contributed by atoms with van der Waals surface area (Å²) in [6.07, 6.45) is 0. The van der Waals surface area contributed by atoms with Gasteiger partial charge >= 0.3 is 0 Å². The zero-order chi connectivity index (χ0) is 16.7. The lowest BCUT2D eigenvalue weighted by Crippen LogP contribution is -2.11. The summed E-state index contributed by atoms with van der Waals surface area (Å²) in [5.41, 5.74) is 4.66. The molecule has 2 aromatic carbocycles. The Kier molecular flexibility index (Phi) is 3.24. The number of amidine groups is 1. The summed E-state index contributed by atoms with van der Waals surface area (Å²) in [6, 6.07) is 11.8. The summed E-state index contributed by atoms with van der Waals surface area (Å²) in [4.78, 5) is 12.7. The van der Waals surface area contributed by atoms with Gasteiger partial charge in [-0.05, 0) is 36.8 Å². The van der Waals surface area contributed by atoms with Crippen molar-refractivity contribution >= 4 is 22.9 Å². The SMILES string of the molecule is [C-]#[N+]c1ccc2c(c1)C(c1ccccc1F)=NC1=C(C)CN=C1N2. The molecule has 0 fully saturated rings. The van der Waals surface area contributed by atoms with Gasteiger partial charge in [-0.3, -0.25) is 4.99 Å².